The van der Waals surface area contributed by atoms with Crippen LogP contribution in [0.1, 0.15) is 59.8 Å². The van der Waals surface area contributed by atoms with E-state index in [0.29, 0.717) is 24.7 Å². The fourth-order valence-corrected chi connectivity index (χ4v) is 1.60. The molecular formula is C13H27NO. The molecule has 2 heteroatoms. The zero-order valence-electron chi connectivity index (χ0n) is 10.8. The maximum Gasteiger partial charge on any atom is 0.140 e. The Morgan fingerprint density at radius 2 is 1.93 bits per heavy atom. The molecule has 0 fully saturated rings. The third-order valence-electron chi connectivity index (χ3n) is 3.28. The lowest BCUT2D eigenvalue weighted by Crippen LogP contribution is -2.33. The molecule has 15 heavy (non-hydrogen) atoms. The van der Waals surface area contributed by atoms with Crippen LogP contribution in [0.15, 0.2) is 0 Å². The van der Waals surface area contributed by atoms with Gasteiger partial charge in [-0.05, 0) is 5.92 Å². The average molecular weight is 213 g/mol. The van der Waals surface area contributed by atoms with Crippen LogP contribution < -0.4 is 5.73 Å². The molecule has 0 aromatic rings. The highest BCUT2D eigenvalue weighted by atomic mass is 16.1. The van der Waals surface area contributed by atoms with Crippen molar-refractivity contribution in [2.24, 2.45) is 17.1 Å². The molecule has 0 aliphatic rings. The van der Waals surface area contributed by atoms with E-state index in [1.54, 1.807) is 0 Å². The summed E-state index contributed by atoms with van der Waals surface area (Å²) in [6.45, 7) is 8.71. The zero-order chi connectivity index (χ0) is 11.9. The Kier molecular flexibility index (Phi) is 6.82. The molecule has 0 aromatic heterocycles. The molecule has 0 bridgehead atoms. The Labute approximate surface area is 94.6 Å². The molecule has 0 saturated heterocycles. The monoisotopic (exact) mass is 213 g/mol. The molecule has 0 radical (unpaired) electrons. The van der Waals surface area contributed by atoms with Crippen LogP contribution >= 0.6 is 0 Å². The van der Waals surface area contributed by atoms with Gasteiger partial charge in [0.25, 0.3) is 0 Å². The number of unbranched alkanes of at least 4 members (excludes halogenated alkanes) is 1. The fourth-order valence-electron chi connectivity index (χ4n) is 1.60. The van der Waals surface area contributed by atoms with Crippen molar-refractivity contribution in [3.8, 4) is 0 Å². The van der Waals surface area contributed by atoms with Crippen molar-refractivity contribution in [1.29, 1.82) is 0 Å². The minimum Gasteiger partial charge on any atom is -0.329 e. The van der Waals surface area contributed by atoms with Gasteiger partial charge in [-0.2, -0.15) is 0 Å². The van der Waals surface area contributed by atoms with Crippen LogP contribution in [-0.4, -0.2) is 12.3 Å². The van der Waals surface area contributed by atoms with E-state index < -0.39 is 0 Å². The van der Waals surface area contributed by atoms with Crippen LogP contribution in [0, 0.1) is 11.3 Å². The zero-order valence-corrected chi connectivity index (χ0v) is 10.8. The summed E-state index contributed by atoms with van der Waals surface area (Å²) >= 11 is 0. The van der Waals surface area contributed by atoms with Gasteiger partial charge in [0.15, 0.2) is 0 Å². The lowest BCUT2D eigenvalue weighted by atomic mass is 9.81. The predicted octanol–water partition coefficient (Wildman–Crippen LogP) is 3.15. The Bertz CT molecular complexity index is 187. The number of carbonyl (C=O) groups is 1. The molecule has 1 unspecified atom stereocenters. The first kappa shape index (κ1) is 14.6. The van der Waals surface area contributed by atoms with E-state index in [9.17, 15) is 4.79 Å². The molecule has 0 spiro atoms. The minimum atomic E-state index is -0.334. The molecular weight excluding hydrogens is 186 g/mol. The smallest absolute Gasteiger partial charge is 0.140 e. The van der Waals surface area contributed by atoms with Crippen LogP contribution in [0.3, 0.4) is 0 Å². The number of rotatable bonds is 8. The summed E-state index contributed by atoms with van der Waals surface area (Å²) in [6.07, 6.45) is 5.44. The van der Waals surface area contributed by atoms with Crippen molar-refractivity contribution in [3.05, 3.63) is 0 Å². The van der Waals surface area contributed by atoms with E-state index >= 15 is 0 Å². The van der Waals surface area contributed by atoms with E-state index in [-0.39, 0.29) is 5.41 Å². The van der Waals surface area contributed by atoms with Gasteiger partial charge in [0.05, 0.1) is 0 Å². The summed E-state index contributed by atoms with van der Waals surface area (Å²) in [5, 5.41) is 0. The van der Waals surface area contributed by atoms with Gasteiger partial charge in [-0.1, -0.05) is 53.4 Å². The van der Waals surface area contributed by atoms with Gasteiger partial charge in [-0.25, -0.2) is 0 Å². The molecule has 90 valence electrons. The summed E-state index contributed by atoms with van der Waals surface area (Å²) in [5.74, 6) is 0.885. The van der Waals surface area contributed by atoms with Gasteiger partial charge in [-0.3, -0.25) is 4.79 Å². The van der Waals surface area contributed by atoms with Crippen LogP contribution in [0.25, 0.3) is 0 Å². The van der Waals surface area contributed by atoms with Crippen molar-refractivity contribution >= 4 is 5.78 Å². The predicted molar refractivity (Wildman–Crippen MR) is 65.8 cm³/mol. The first-order valence-electron chi connectivity index (χ1n) is 6.21. The lowest BCUT2D eigenvalue weighted by Gasteiger charge is -2.23. The number of ketones is 1. The van der Waals surface area contributed by atoms with E-state index in [1.165, 1.54) is 19.3 Å². The van der Waals surface area contributed by atoms with E-state index in [2.05, 4.69) is 13.8 Å². The van der Waals surface area contributed by atoms with Crippen LogP contribution in [0.2, 0.25) is 0 Å². The molecule has 0 rings (SSSR count). The third-order valence-corrected chi connectivity index (χ3v) is 3.28. The van der Waals surface area contributed by atoms with E-state index in [0.717, 1.165) is 6.42 Å². The van der Waals surface area contributed by atoms with Crippen molar-refractivity contribution in [2.75, 3.05) is 6.54 Å². The Morgan fingerprint density at radius 1 is 1.33 bits per heavy atom. The molecule has 2 N–H and O–H groups in total. The normalized spacial score (nSPS) is 13.9. The van der Waals surface area contributed by atoms with Gasteiger partial charge in [0, 0.05) is 18.4 Å². The highest BCUT2D eigenvalue weighted by molar-refractivity contribution is 5.84. The van der Waals surface area contributed by atoms with Gasteiger partial charge in [0.1, 0.15) is 5.78 Å². The Hall–Kier alpha value is -0.370. The molecule has 0 amide bonds. The Balaban J connectivity index is 4.12. The first-order chi connectivity index (χ1) is 6.97. The van der Waals surface area contributed by atoms with Gasteiger partial charge in [-0.15, -0.1) is 0 Å². The van der Waals surface area contributed by atoms with Crippen molar-refractivity contribution in [3.63, 3.8) is 0 Å². The second-order valence-electron chi connectivity index (χ2n) is 5.13. The maximum absolute atomic E-state index is 11.9. The largest absolute Gasteiger partial charge is 0.329 e. The minimum absolute atomic E-state index is 0.327. The fraction of sp³-hybridized carbons (Fsp3) is 0.923. The molecule has 0 aliphatic carbocycles. The summed E-state index contributed by atoms with van der Waals surface area (Å²) in [6, 6.07) is 0. The highest BCUT2D eigenvalue weighted by Crippen LogP contribution is 2.24. The summed E-state index contributed by atoms with van der Waals surface area (Å²) in [4.78, 5) is 11.9. The standard InChI is InChI=1S/C13H27NO/c1-5-7-8-11(6-2)9-12(15)13(3,4)10-14/h11H,5-10,14H2,1-4H3. The lowest BCUT2D eigenvalue weighted by molar-refractivity contribution is -0.127. The number of nitrogens with two attached hydrogens (primary N) is 1. The quantitative estimate of drug-likeness (QED) is 0.673. The number of Topliss-reactive ketones (excluding diaryl/α,β-unsaturated/α-hetero) is 1. The van der Waals surface area contributed by atoms with Crippen LogP contribution in [0.4, 0.5) is 0 Å². The number of hydrogen-bond acceptors (Lipinski definition) is 2. The second-order valence-corrected chi connectivity index (χ2v) is 5.13. The van der Waals surface area contributed by atoms with Crippen molar-refractivity contribution < 1.29 is 4.79 Å². The molecule has 0 aromatic carbocycles. The molecule has 0 saturated carbocycles. The highest BCUT2D eigenvalue weighted by Gasteiger charge is 2.27. The van der Waals surface area contributed by atoms with Crippen molar-refractivity contribution in [1.82, 2.24) is 0 Å². The van der Waals surface area contributed by atoms with E-state index in [1.807, 2.05) is 13.8 Å². The van der Waals surface area contributed by atoms with Gasteiger partial charge < -0.3 is 5.73 Å². The average Bonchev–Trinajstić information content (AvgIpc) is 2.23. The van der Waals surface area contributed by atoms with Gasteiger partial charge >= 0.3 is 0 Å². The number of carbonyl (C=O) groups excluding carboxylic acids is 1. The SMILES string of the molecule is CCCCC(CC)CC(=O)C(C)(C)CN. The molecule has 1 atom stereocenters. The van der Waals surface area contributed by atoms with Crippen molar-refractivity contribution in [2.45, 2.75) is 59.8 Å². The first-order valence-corrected chi connectivity index (χ1v) is 6.21. The summed E-state index contributed by atoms with van der Waals surface area (Å²) in [7, 11) is 0. The number of hydrogen-bond donors (Lipinski definition) is 1. The summed E-state index contributed by atoms with van der Waals surface area (Å²) < 4.78 is 0. The third kappa shape index (κ3) is 5.31. The summed E-state index contributed by atoms with van der Waals surface area (Å²) in [5.41, 5.74) is 5.27. The van der Waals surface area contributed by atoms with Crippen LogP contribution in [-0.2, 0) is 4.79 Å². The molecule has 2 nitrogen and oxygen atoms in total. The van der Waals surface area contributed by atoms with Crippen LogP contribution in [0.5, 0.6) is 0 Å². The maximum atomic E-state index is 11.9. The Morgan fingerprint density at radius 3 is 2.33 bits per heavy atom. The molecule has 0 heterocycles. The second kappa shape index (κ2) is 7.00. The topological polar surface area (TPSA) is 43.1 Å². The molecule has 0 aliphatic heterocycles. The van der Waals surface area contributed by atoms with E-state index in [4.69, 9.17) is 5.73 Å². The van der Waals surface area contributed by atoms with Gasteiger partial charge in [0.2, 0.25) is 0 Å².